The number of rotatable bonds is 6. The summed E-state index contributed by atoms with van der Waals surface area (Å²) in [6.45, 7) is 4.71. The highest BCUT2D eigenvalue weighted by Crippen LogP contribution is 2.29. The normalized spacial score (nSPS) is 27.2. The van der Waals surface area contributed by atoms with Gasteiger partial charge in [-0.3, -0.25) is 0 Å². The van der Waals surface area contributed by atoms with Crippen LogP contribution in [0.15, 0.2) is 24.3 Å². The summed E-state index contributed by atoms with van der Waals surface area (Å²) in [6.07, 6.45) is 3.95. The molecule has 1 aliphatic heterocycles. The van der Waals surface area contributed by atoms with E-state index in [4.69, 9.17) is 4.74 Å². The summed E-state index contributed by atoms with van der Waals surface area (Å²) in [7, 11) is 4.24. The first-order valence-electron chi connectivity index (χ1n) is 8.99. The maximum absolute atomic E-state index is 5.66. The third kappa shape index (κ3) is 5.43. The summed E-state index contributed by atoms with van der Waals surface area (Å²) < 4.78 is 5.66. The fourth-order valence-electron chi connectivity index (χ4n) is 4.04. The molecule has 1 aromatic carbocycles. The lowest BCUT2D eigenvalue weighted by atomic mass is 9.94. The zero-order valence-corrected chi connectivity index (χ0v) is 15.8. The number of benzene rings is 1. The standard InChI is InChI=1S/C19H31N3O.ClH/c1-22(2)13-16-6-3-5-15(11-16)12-21-18-8-4-7-17(18)19-14-23-10-9-20-19;/h3,5-6,11,17-21H,4,7-10,12-14H2,1-2H3;1H. The lowest BCUT2D eigenvalue weighted by molar-refractivity contribution is 0.0524. The largest absolute Gasteiger partial charge is 0.379 e. The molecule has 0 aromatic heterocycles. The molecule has 24 heavy (non-hydrogen) atoms. The van der Waals surface area contributed by atoms with Gasteiger partial charge < -0.3 is 20.3 Å². The smallest absolute Gasteiger partial charge is 0.0623 e. The van der Waals surface area contributed by atoms with E-state index in [0.29, 0.717) is 18.0 Å². The summed E-state index contributed by atoms with van der Waals surface area (Å²) in [4.78, 5) is 2.22. The SMILES string of the molecule is CN(C)Cc1cccc(CNC2CCCC2C2COCCN2)c1.Cl. The third-order valence-corrected chi connectivity index (χ3v) is 5.10. The minimum Gasteiger partial charge on any atom is -0.379 e. The molecule has 3 atom stereocenters. The summed E-state index contributed by atoms with van der Waals surface area (Å²) in [5.41, 5.74) is 2.78. The van der Waals surface area contributed by atoms with Gasteiger partial charge in [-0.1, -0.05) is 30.7 Å². The lowest BCUT2D eigenvalue weighted by Gasteiger charge is -2.33. The van der Waals surface area contributed by atoms with Gasteiger partial charge in [0.15, 0.2) is 0 Å². The monoisotopic (exact) mass is 353 g/mol. The Labute approximate surface area is 152 Å². The topological polar surface area (TPSA) is 36.5 Å². The maximum atomic E-state index is 5.66. The van der Waals surface area contributed by atoms with Gasteiger partial charge in [-0.05, 0) is 44.0 Å². The molecule has 2 fully saturated rings. The van der Waals surface area contributed by atoms with Crippen molar-refractivity contribution in [2.75, 3.05) is 33.9 Å². The van der Waals surface area contributed by atoms with Gasteiger partial charge in [-0.15, -0.1) is 12.4 Å². The predicted octanol–water partition coefficient (Wildman–Crippen LogP) is 2.42. The van der Waals surface area contributed by atoms with Crippen molar-refractivity contribution in [3.8, 4) is 0 Å². The molecule has 1 saturated carbocycles. The number of ether oxygens (including phenoxy) is 1. The van der Waals surface area contributed by atoms with Crippen molar-refractivity contribution >= 4 is 12.4 Å². The summed E-state index contributed by atoms with van der Waals surface area (Å²) in [5, 5.41) is 7.47. The Morgan fingerprint density at radius 1 is 1.25 bits per heavy atom. The van der Waals surface area contributed by atoms with Crippen LogP contribution in [0.5, 0.6) is 0 Å². The van der Waals surface area contributed by atoms with Crippen LogP contribution in [-0.2, 0) is 17.8 Å². The van der Waals surface area contributed by atoms with Crippen molar-refractivity contribution < 1.29 is 4.74 Å². The third-order valence-electron chi connectivity index (χ3n) is 5.10. The molecule has 0 bridgehead atoms. The average Bonchev–Trinajstić information content (AvgIpc) is 3.02. The van der Waals surface area contributed by atoms with Crippen LogP contribution in [0.4, 0.5) is 0 Å². The quantitative estimate of drug-likeness (QED) is 0.823. The molecule has 1 saturated heterocycles. The van der Waals surface area contributed by atoms with Crippen LogP contribution < -0.4 is 10.6 Å². The number of nitrogens with zero attached hydrogens (tertiary/aromatic N) is 1. The molecular formula is C19H32ClN3O. The minimum atomic E-state index is 0. The van der Waals surface area contributed by atoms with Gasteiger partial charge >= 0.3 is 0 Å². The van der Waals surface area contributed by atoms with E-state index in [2.05, 4.69) is 53.9 Å². The van der Waals surface area contributed by atoms with Crippen LogP contribution in [-0.4, -0.2) is 50.8 Å². The van der Waals surface area contributed by atoms with Gasteiger partial charge in [0.1, 0.15) is 0 Å². The molecule has 1 aliphatic carbocycles. The summed E-state index contributed by atoms with van der Waals surface area (Å²) >= 11 is 0. The Kier molecular flexibility index (Phi) is 7.98. The summed E-state index contributed by atoms with van der Waals surface area (Å²) in [6, 6.07) is 10.1. The first-order valence-corrected chi connectivity index (χ1v) is 8.99. The lowest BCUT2D eigenvalue weighted by Crippen LogP contribution is -2.50. The van der Waals surface area contributed by atoms with Crippen LogP contribution in [0.2, 0.25) is 0 Å². The predicted molar refractivity (Wildman–Crippen MR) is 102 cm³/mol. The number of halogens is 1. The Hall–Kier alpha value is -0.650. The Balaban J connectivity index is 0.00000208. The van der Waals surface area contributed by atoms with E-state index in [1.807, 2.05) is 0 Å². The molecule has 2 N–H and O–H groups in total. The van der Waals surface area contributed by atoms with Gasteiger partial charge in [0.2, 0.25) is 0 Å². The number of hydrogen-bond donors (Lipinski definition) is 2. The fraction of sp³-hybridized carbons (Fsp3) is 0.684. The molecule has 0 radical (unpaired) electrons. The highest BCUT2D eigenvalue weighted by molar-refractivity contribution is 5.85. The van der Waals surface area contributed by atoms with Crippen molar-refractivity contribution in [1.82, 2.24) is 15.5 Å². The van der Waals surface area contributed by atoms with Crippen LogP contribution in [0.3, 0.4) is 0 Å². The van der Waals surface area contributed by atoms with Gasteiger partial charge in [0, 0.05) is 31.7 Å². The van der Waals surface area contributed by atoms with Crippen molar-refractivity contribution in [2.24, 2.45) is 5.92 Å². The summed E-state index contributed by atoms with van der Waals surface area (Å²) in [5.74, 6) is 0.709. The van der Waals surface area contributed by atoms with E-state index < -0.39 is 0 Å². The fourth-order valence-corrected chi connectivity index (χ4v) is 4.04. The molecule has 0 spiro atoms. The van der Waals surface area contributed by atoms with Crippen molar-refractivity contribution in [3.63, 3.8) is 0 Å². The molecule has 136 valence electrons. The second kappa shape index (κ2) is 9.73. The first-order chi connectivity index (χ1) is 11.2. The second-order valence-electron chi connectivity index (χ2n) is 7.28. The molecule has 1 aromatic rings. The van der Waals surface area contributed by atoms with E-state index in [1.165, 1.54) is 30.4 Å². The van der Waals surface area contributed by atoms with Gasteiger partial charge in [-0.2, -0.15) is 0 Å². The second-order valence-corrected chi connectivity index (χ2v) is 7.28. The highest BCUT2D eigenvalue weighted by atomic mass is 35.5. The molecule has 5 heteroatoms. The maximum Gasteiger partial charge on any atom is 0.0623 e. The van der Waals surface area contributed by atoms with E-state index in [0.717, 1.165) is 32.8 Å². The number of nitrogens with one attached hydrogen (secondary N) is 2. The molecule has 0 amide bonds. The number of morpholine rings is 1. The zero-order chi connectivity index (χ0) is 16.1. The van der Waals surface area contributed by atoms with Gasteiger partial charge in [0.25, 0.3) is 0 Å². The van der Waals surface area contributed by atoms with Crippen LogP contribution in [0.25, 0.3) is 0 Å². The van der Waals surface area contributed by atoms with Crippen molar-refractivity contribution in [1.29, 1.82) is 0 Å². The molecule has 1 heterocycles. The molecular weight excluding hydrogens is 322 g/mol. The van der Waals surface area contributed by atoms with Gasteiger partial charge in [-0.25, -0.2) is 0 Å². The molecule has 2 aliphatic rings. The molecule has 3 unspecified atom stereocenters. The first kappa shape index (κ1) is 19.7. The molecule has 4 nitrogen and oxygen atoms in total. The Morgan fingerprint density at radius 3 is 2.83 bits per heavy atom. The van der Waals surface area contributed by atoms with E-state index >= 15 is 0 Å². The van der Waals surface area contributed by atoms with E-state index in [1.54, 1.807) is 0 Å². The zero-order valence-electron chi connectivity index (χ0n) is 15.0. The number of hydrogen-bond acceptors (Lipinski definition) is 4. The highest BCUT2D eigenvalue weighted by Gasteiger charge is 2.34. The van der Waals surface area contributed by atoms with Crippen LogP contribution in [0.1, 0.15) is 30.4 Å². The minimum absolute atomic E-state index is 0. The molecule has 3 rings (SSSR count). The van der Waals surface area contributed by atoms with Crippen LogP contribution in [0, 0.1) is 5.92 Å². The van der Waals surface area contributed by atoms with Gasteiger partial charge in [0.05, 0.1) is 13.2 Å². The van der Waals surface area contributed by atoms with Crippen molar-refractivity contribution in [3.05, 3.63) is 35.4 Å². The average molecular weight is 354 g/mol. The van der Waals surface area contributed by atoms with Crippen molar-refractivity contribution in [2.45, 2.75) is 44.4 Å². The van der Waals surface area contributed by atoms with Crippen LogP contribution >= 0.6 is 12.4 Å². The Morgan fingerprint density at radius 2 is 2.08 bits per heavy atom. The van der Waals surface area contributed by atoms with E-state index in [-0.39, 0.29) is 12.4 Å². The Bertz CT molecular complexity index is 491. The van der Waals surface area contributed by atoms with E-state index in [9.17, 15) is 0 Å².